The molecule has 0 radical (unpaired) electrons. The molecule has 2 unspecified atom stereocenters. The first-order valence-corrected chi connectivity index (χ1v) is 10.5. The average molecular weight is 474 g/mol. The van der Waals surface area contributed by atoms with Crippen LogP contribution in [-0.4, -0.2) is 47.7 Å². The molecule has 2 rings (SSSR count). The molecule has 2 aromatic heterocycles. The predicted molar refractivity (Wildman–Crippen MR) is 125 cm³/mol. The van der Waals surface area contributed by atoms with Crippen LogP contribution in [0.15, 0.2) is 49.8 Å². The number of aliphatic hydroxyl groups is 3. The molecule has 0 saturated heterocycles. The van der Waals surface area contributed by atoms with Crippen LogP contribution in [0, 0.1) is 5.92 Å². The number of carbonyl (C=O) groups is 2. The van der Waals surface area contributed by atoms with Crippen molar-refractivity contribution < 1.29 is 29.6 Å². The number of hydrogen-bond donors (Lipinski definition) is 5. The molecule has 2 atom stereocenters. The second kappa shape index (κ2) is 10.6. The van der Waals surface area contributed by atoms with Gasteiger partial charge in [-0.2, -0.15) is 9.78 Å². The third kappa shape index (κ3) is 6.98. The van der Waals surface area contributed by atoms with Crippen molar-refractivity contribution in [3.05, 3.63) is 55.4 Å². The first-order chi connectivity index (χ1) is 15.8. The van der Waals surface area contributed by atoms with Crippen molar-refractivity contribution >= 4 is 17.7 Å². The topological polar surface area (TPSA) is 159 Å². The monoisotopic (exact) mass is 473 g/mol. The smallest absolute Gasteiger partial charge is 0.408 e. The first-order valence-electron chi connectivity index (χ1n) is 10.5. The molecule has 0 aliphatic heterocycles. The van der Waals surface area contributed by atoms with E-state index >= 15 is 0 Å². The Hall–Kier alpha value is -3.54. The van der Waals surface area contributed by atoms with E-state index in [0.717, 1.165) is 6.20 Å². The third-order valence-corrected chi connectivity index (χ3v) is 4.60. The molecule has 184 valence electrons. The van der Waals surface area contributed by atoms with E-state index in [1.54, 1.807) is 45.9 Å². The minimum Gasteiger partial charge on any atom is -0.444 e. The van der Waals surface area contributed by atoms with E-state index in [1.807, 2.05) is 0 Å². The lowest BCUT2D eigenvalue weighted by molar-refractivity contribution is -0.380. The molecule has 0 saturated carbocycles. The van der Waals surface area contributed by atoms with Gasteiger partial charge in [-0.05, 0) is 44.9 Å². The summed E-state index contributed by atoms with van der Waals surface area (Å²) in [4.78, 5) is 28.9. The lowest BCUT2D eigenvalue weighted by Crippen LogP contribution is -2.35. The van der Waals surface area contributed by atoms with Crippen molar-refractivity contribution in [2.45, 2.75) is 51.9 Å². The van der Waals surface area contributed by atoms with Crippen LogP contribution >= 0.6 is 0 Å². The molecule has 11 nitrogen and oxygen atoms in total. The Morgan fingerprint density at radius 3 is 2.50 bits per heavy atom. The number of pyridine rings is 1. The molecule has 0 spiro atoms. The molecule has 2 aromatic rings. The van der Waals surface area contributed by atoms with Crippen molar-refractivity contribution in [2.75, 3.05) is 5.32 Å². The van der Waals surface area contributed by atoms with Gasteiger partial charge in [0.2, 0.25) is 5.91 Å². The highest BCUT2D eigenvalue weighted by molar-refractivity contribution is 5.96. The fraction of sp³-hybridized carbons (Fsp3) is 0.391. The number of nitrogens with one attached hydrogen (secondary N) is 2. The van der Waals surface area contributed by atoms with Crippen LogP contribution in [0.4, 0.5) is 10.5 Å². The van der Waals surface area contributed by atoms with Gasteiger partial charge in [-0.1, -0.05) is 19.1 Å². The van der Waals surface area contributed by atoms with Gasteiger partial charge in [0.25, 0.3) is 0 Å². The molecule has 11 heteroatoms. The zero-order valence-electron chi connectivity index (χ0n) is 19.6. The van der Waals surface area contributed by atoms with Gasteiger partial charge in [0.1, 0.15) is 11.3 Å². The van der Waals surface area contributed by atoms with Gasteiger partial charge in [0.15, 0.2) is 0 Å². The predicted octanol–water partition coefficient (Wildman–Crippen LogP) is 2.39. The number of carbonyl (C=O) groups excluding carboxylic acids is 2. The lowest BCUT2D eigenvalue weighted by atomic mass is 10.0. The van der Waals surface area contributed by atoms with Gasteiger partial charge in [-0.15, -0.1) is 13.2 Å². The standard InChI is InChI=1S/C23H31N5O6/c1-7-9-16(27-21(30)34-22(4,5)6)15-10-11-24-17(12-15)19-18(26-20(29)14(3)8-2)13-25-28(19)23(31,32)33/h7-8,10-14,16,31-33H,1-2,9H2,3-6H3,(H,26,29)(H,27,30). The SMILES string of the molecule is C=CCC(NC(=O)OC(C)(C)C)c1ccnc(-c2c(NC(=O)C(C)C=C)cnn2C(O)(O)O)c1. The quantitative estimate of drug-likeness (QED) is 0.274. The molecular formula is C23H31N5O6. The second-order valence-electron chi connectivity index (χ2n) is 8.63. The molecule has 0 aromatic carbocycles. The van der Waals surface area contributed by atoms with E-state index < -0.39 is 35.7 Å². The summed E-state index contributed by atoms with van der Waals surface area (Å²) in [6.45, 7) is 14.2. The zero-order valence-corrected chi connectivity index (χ0v) is 19.6. The summed E-state index contributed by atoms with van der Waals surface area (Å²) in [5.41, 5.74) is 0.0258. The minimum atomic E-state index is -3.37. The summed E-state index contributed by atoms with van der Waals surface area (Å²) in [5.74, 6) is -0.977. The van der Waals surface area contributed by atoms with Crippen LogP contribution < -0.4 is 10.6 Å². The number of amides is 2. The summed E-state index contributed by atoms with van der Waals surface area (Å²) in [5, 5.41) is 38.5. The van der Waals surface area contributed by atoms with Crippen LogP contribution in [0.1, 0.15) is 45.7 Å². The van der Waals surface area contributed by atoms with Crippen molar-refractivity contribution in [2.24, 2.45) is 5.92 Å². The number of anilines is 1. The molecular weight excluding hydrogens is 442 g/mol. The zero-order chi connectivity index (χ0) is 25.7. The molecule has 0 aliphatic carbocycles. The summed E-state index contributed by atoms with van der Waals surface area (Å²) < 4.78 is 5.83. The summed E-state index contributed by atoms with van der Waals surface area (Å²) >= 11 is 0. The highest BCUT2D eigenvalue weighted by Crippen LogP contribution is 2.31. The van der Waals surface area contributed by atoms with Crippen molar-refractivity contribution in [3.63, 3.8) is 0 Å². The maximum Gasteiger partial charge on any atom is 0.408 e. The molecule has 2 amide bonds. The van der Waals surface area contributed by atoms with Gasteiger partial charge < -0.3 is 30.7 Å². The Bertz CT molecular complexity index is 1050. The van der Waals surface area contributed by atoms with Crippen LogP contribution in [0.5, 0.6) is 0 Å². The molecule has 2 heterocycles. The van der Waals surface area contributed by atoms with Crippen molar-refractivity contribution in [1.82, 2.24) is 20.1 Å². The van der Waals surface area contributed by atoms with Crippen LogP contribution in [0.3, 0.4) is 0 Å². The fourth-order valence-corrected chi connectivity index (χ4v) is 2.96. The molecule has 0 bridgehead atoms. The Balaban J connectivity index is 2.50. The van der Waals surface area contributed by atoms with Crippen molar-refractivity contribution in [3.8, 4) is 11.4 Å². The number of nitrogens with zero attached hydrogens (tertiary/aromatic N) is 3. The maximum absolute atomic E-state index is 12.4. The maximum atomic E-state index is 12.4. The average Bonchev–Trinajstić information content (AvgIpc) is 3.15. The largest absolute Gasteiger partial charge is 0.444 e. The summed E-state index contributed by atoms with van der Waals surface area (Å²) in [6.07, 6.45) is 2.00. The third-order valence-electron chi connectivity index (χ3n) is 4.60. The van der Waals surface area contributed by atoms with Crippen LogP contribution in [0.25, 0.3) is 11.4 Å². The lowest BCUT2D eigenvalue weighted by Gasteiger charge is -2.24. The summed E-state index contributed by atoms with van der Waals surface area (Å²) in [7, 11) is 0. The Kier molecular flexibility index (Phi) is 8.32. The molecule has 5 N–H and O–H groups in total. The first kappa shape index (κ1) is 26.7. The van der Waals surface area contributed by atoms with E-state index in [-0.39, 0.29) is 17.1 Å². The highest BCUT2D eigenvalue weighted by Gasteiger charge is 2.30. The molecule has 0 aliphatic rings. The number of ether oxygens (including phenoxy) is 1. The van der Waals surface area contributed by atoms with Gasteiger partial charge in [-0.25, -0.2) is 4.79 Å². The Morgan fingerprint density at radius 2 is 1.94 bits per heavy atom. The summed E-state index contributed by atoms with van der Waals surface area (Å²) in [6, 6.07) is 2.65. The van der Waals surface area contributed by atoms with Gasteiger partial charge in [0, 0.05) is 6.20 Å². The van der Waals surface area contributed by atoms with E-state index in [1.165, 1.54) is 12.3 Å². The van der Waals surface area contributed by atoms with Gasteiger partial charge >= 0.3 is 12.2 Å². The van der Waals surface area contributed by atoms with E-state index in [9.17, 15) is 24.9 Å². The fourth-order valence-electron chi connectivity index (χ4n) is 2.96. The highest BCUT2D eigenvalue weighted by atomic mass is 16.7. The molecule has 34 heavy (non-hydrogen) atoms. The van der Waals surface area contributed by atoms with E-state index in [4.69, 9.17) is 4.74 Å². The van der Waals surface area contributed by atoms with E-state index in [2.05, 4.69) is 33.9 Å². The number of alkyl carbamates (subject to hydrolysis) is 1. The normalized spacial score (nSPS) is 13.5. The Labute approximate surface area is 197 Å². The van der Waals surface area contributed by atoms with Crippen LogP contribution in [-0.2, 0) is 15.6 Å². The Morgan fingerprint density at radius 1 is 1.26 bits per heavy atom. The van der Waals surface area contributed by atoms with E-state index in [0.29, 0.717) is 16.7 Å². The van der Waals surface area contributed by atoms with Gasteiger partial charge in [0.05, 0.1) is 29.5 Å². The van der Waals surface area contributed by atoms with Crippen molar-refractivity contribution in [1.29, 1.82) is 0 Å². The number of aromatic nitrogens is 3. The minimum absolute atomic E-state index is 0.0743. The number of rotatable bonds is 9. The number of hydrogen-bond acceptors (Lipinski definition) is 8. The second-order valence-corrected chi connectivity index (χ2v) is 8.63. The van der Waals surface area contributed by atoms with Crippen LogP contribution in [0.2, 0.25) is 0 Å². The van der Waals surface area contributed by atoms with Gasteiger partial charge in [-0.3, -0.25) is 9.78 Å². The molecule has 0 fully saturated rings.